The van der Waals surface area contributed by atoms with Gasteiger partial charge in [0.15, 0.2) is 17.3 Å². The predicted molar refractivity (Wildman–Crippen MR) is 147 cm³/mol. The number of aryl methyl sites for hydroxylation is 1. The van der Waals surface area contributed by atoms with Crippen molar-refractivity contribution in [3.63, 3.8) is 0 Å². The molecule has 2 aliphatic rings. The Kier molecular flexibility index (Phi) is 14.2. The lowest BCUT2D eigenvalue weighted by Crippen LogP contribution is -2.40. The molecule has 0 aliphatic carbocycles. The summed E-state index contributed by atoms with van der Waals surface area (Å²) in [6, 6.07) is 3.92. The highest BCUT2D eigenvalue weighted by Crippen LogP contribution is 2.37. The number of aliphatic hydroxyl groups is 1. The molecule has 0 saturated carbocycles. The Balaban J connectivity index is 0.000000315. The summed E-state index contributed by atoms with van der Waals surface area (Å²) in [4.78, 5) is 36.4. The third-order valence-corrected chi connectivity index (χ3v) is 5.21. The number of aromatic carboxylic acids is 1. The molecular formula is C27H43N5O6. The number of carboxylic acids is 1. The normalized spacial score (nSPS) is 15.0. The van der Waals surface area contributed by atoms with Gasteiger partial charge in [-0.05, 0) is 46.2 Å². The fourth-order valence-corrected chi connectivity index (χ4v) is 3.53. The highest BCUT2D eigenvalue weighted by Gasteiger charge is 2.35. The van der Waals surface area contributed by atoms with Crippen LogP contribution in [0.1, 0.15) is 70.1 Å². The number of fused-ring (bicyclic) bond motifs is 4. The second-order valence-corrected chi connectivity index (χ2v) is 9.28. The largest absolute Gasteiger partial charge is 0.477 e. The first kappa shape index (κ1) is 32.7. The molecule has 11 nitrogen and oxygen atoms in total. The van der Waals surface area contributed by atoms with Gasteiger partial charge in [0.05, 0.1) is 37.0 Å². The molecule has 4 rings (SSSR count). The molecule has 2 aromatic heterocycles. The molecule has 38 heavy (non-hydrogen) atoms. The van der Waals surface area contributed by atoms with Crippen molar-refractivity contribution in [2.75, 3.05) is 43.2 Å². The van der Waals surface area contributed by atoms with Gasteiger partial charge >= 0.3 is 5.97 Å². The number of nitrogens with zero attached hydrogens (tertiary/aromatic N) is 5. The highest BCUT2D eigenvalue weighted by molar-refractivity contribution is 5.87. The molecule has 1 fully saturated rings. The van der Waals surface area contributed by atoms with E-state index in [0.717, 1.165) is 43.0 Å². The van der Waals surface area contributed by atoms with Crippen LogP contribution in [-0.4, -0.2) is 82.6 Å². The van der Waals surface area contributed by atoms with Gasteiger partial charge in [0.1, 0.15) is 6.29 Å². The Morgan fingerprint density at radius 3 is 2.42 bits per heavy atom. The van der Waals surface area contributed by atoms with Crippen LogP contribution in [0.2, 0.25) is 0 Å². The van der Waals surface area contributed by atoms with E-state index in [9.17, 15) is 9.90 Å². The van der Waals surface area contributed by atoms with Gasteiger partial charge in [-0.25, -0.2) is 14.8 Å². The molecular weight excluding hydrogens is 490 g/mol. The Morgan fingerprint density at radius 2 is 1.87 bits per heavy atom. The van der Waals surface area contributed by atoms with Crippen LogP contribution in [0.5, 0.6) is 5.88 Å². The van der Waals surface area contributed by atoms with E-state index in [2.05, 4.69) is 38.6 Å². The number of ether oxygens (including phenoxy) is 2. The Bertz CT molecular complexity index is 981. The van der Waals surface area contributed by atoms with Gasteiger partial charge in [-0.2, -0.15) is 0 Å². The first-order valence-corrected chi connectivity index (χ1v) is 12.9. The van der Waals surface area contributed by atoms with Crippen molar-refractivity contribution >= 4 is 23.8 Å². The number of aldehydes is 1. The fraction of sp³-hybridized carbons (Fsp3) is 0.593. The molecule has 1 saturated heterocycles. The maximum absolute atomic E-state index is 10.9. The van der Waals surface area contributed by atoms with E-state index in [1.807, 2.05) is 20.0 Å². The summed E-state index contributed by atoms with van der Waals surface area (Å²) >= 11 is 0. The quantitative estimate of drug-likeness (QED) is 0.306. The number of pyridine rings is 1. The van der Waals surface area contributed by atoms with Gasteiger partial charge in [-0.3, -0.25) is 4.98 Å². The molecule has 212 valence electrons. The van der Waals surface area contributed by atoms with Crippen LogP contribution in [0.15, 0.2) is 24.5 Å². The van der Waals surface area contributed by atoms with Gasteiger partial charge in [0.25, 0.3) is 0 Å². The van der Waals surface area contributed by atoms with Crippen molar-refractivity contribution in [1.82, 2.24) is 15.0 Å². The number of carbonyl (C=O) groups is 2. The van der Waals surface area contributed by atoms with Crippen molar-refractivity contribution in [3.05, 3.63) is 35.9 Å². The first-order chi connectivity index (χ1) is 18.0. The van der Waals surface area contributed by atoms with Crippen LogP contribution in [0, 0.1) is 6.92 Å². The van der Waals surface area contributed by atoms with Gasteiger partial charge in [-0.1, -0.05) is 20.3 Å². The maximum atomic E-state index is 10.9. The van der Waals surface area contributed by atoms with Gasteiger partial charge in [0, 0.05) is 32.6 Å². The summed E-state index contributed by atoms with van der Waals surface area (Å²) in [7, 11) is 1.99. The first-order valence-electron chi connectivity index (χ1n) is 12.9. The molecule has 2 aromatic rings. The number of hydrogen-bond acceptors (Lipinski definition) is 10. The molecule has 0 aromatic carbocycles. The van der Waals surface area contributed by atoms with Crippen LogP contribution in [0.3, 0.4) is 0 Å². The second kappa shape index (κ2) is 16.5. The molecule has 1 atom stereocenters. The molecule has 11 heteroatoms. The zero-order valence-corrected chi connectivity index (χ0v) is 23.7. The third-order valence-electron chi connectivity index (χ3n) is 5.21. The van der Waals surface area contributed by atoms with Crippen LogP contribution in [0.25, 0.3) is 0 Å². The number of anilines is 2. The standard InChI is InChI=1S/C11H13N3O2.C11H18N2O3.C3H8.C2H4O/c1-13-7-4-5-14(6-7)9-3-2-8(11(15)16)12-10(9)13;1-9-7-13-10(8-12-9)15-5-4-6-16-11(2,3)14;1-3-2;1-2-3/h2-3,7H,4-6H2,1H3,(H,15,16);7-8,14H,4-6H2,1-3H3;3H2,1-2H3;2H,1H3. The van der Waals surface area contributed by atoms with E-state index in [-0.39, 0.29) is 5.69 Å². The van der Waals surface area contributed by atoms with Crippen molar-refractivity contribution < 1.29 is 29.3 Å². The Morgan fingerprint density at radius 1 is 1.21 bits per heavy atom. The summed E-state index contributed by atoms with van der Waals surface area (Å²) in [6.45, 7) is 13.8. The van der Waals surface area contributed by atoms with Gasteiger partial charge < -0.3 is 34.3 Å². The molecule has 0 spiro atoms. The topological polar surface area (TPSA) is 138 Å². The van der Waals surface area contributed by atoms with Gasteiger partial charge in [0.2, 0.25) is 5.88 Å². The van der Waals surface area contributed by atoms with Crippen LogP contribution in [0.4, 0.5) is 11.5 Å². The molecule has 2 aliphatic heterocycles. The Labute approximate surface area is 225 Å². The summed E-state index contributed by atoms with van der Waals surface area (Å²) in [5.74, 6) is -0.740. The average molecular weight is 534 g/mol. The second-order valence-electron chi connectivity index (χ2n) is 9.28. The summed E-state index contributed by atoms with van der Waals surface area (Å²) in [6.07, 6.45) is 7.06. The van der Waals surface area contributed by atoms with Gasteiger partial charge in [-0.15, -0.1) is 0 Å². The average Bonchev–Trinajstić information content (AvgIpc) is 3.30. The minimum atomic E-state index is -1.08. The van der Waals surface area contributed by atoms with E-state index in [1.165, 1.54) is 13.3 Å². The summed E-state index contributed by atoms with van der Waals surface area (Å²) < 4.78 is 10.5. The number of carbonyl (C=O) groups excluding carboxylic acids is 1. The lowest BCUT2D eigenvalue weighted by atomic mass is 10.2. The Hall–Kier alpha value is -3.31. The third kappa shape index (κ3) is 11.4. The number of hydrogen-bond donors (Lipinski definition) is 2. The minimum absolute atomic E-state index is 0.119. The van der Waals surface area contributed by atoms with E-state index in [0.29, 0.717) is 31.6 Å². The molecule has 4 heterocycles. The van der Waals surface area contributed by atoms with Crippen molar-refractivity contribution in [1.29, 1.82) is 0 Å². The summed E-state index contributed by atoms with van der Waals surface area (Å²) in [5, 5.41) is 18.2. The molecule has 0 radical (unpaired) electrons. The smallest absolute Gasteiger partial charge is 0.354 e. The van der Waals surface area contributed by atoms with E-state index < -0.39 is 11.8 Å². The van der Waals surface area contributed by atoms with E-state index in [4.69, 9.17) is 19.4 Å². The molecule has 2 N–H and O–H groups in total. The SMILES string of the molecule is CC=O.CCC.CN1c2nc(C(=O)O)ccc2N2CCC1C2.Cc1cnc(OCCCOC(C)(C)O)cn1. The van der Waals surface area contributed by atoms with E-state index in [1.54, 1.807) is 32.3 Å². The van der Waals surface area contributed by atoms with Crippen molar-refractivity contribution in [2.24, 2.45) is 0 Å². The molecule has 2 bridgehead atoms. The zero-order chi connectivity index (χ0) is 28.7. The summed E-state index contributed by atoms with van der Waals surface area (Å²) in [5.41, 5.74) is 2.03. The number of rotatable bonds is 7. The number of carboxylic acid groups (broad SMARTS) is 1. The van der Waals surface area contributed by atoms with E-state index >= 15 is 0 Å². The lowest BCUT2D eigenvalue weighted by molar-refractivity contribution is -0.176. The van der Waals surface area contributed by atoms with Crippen molar-refractivity contribution in [2.45, 2.75) is 72.6 Å². The minimum Gasteiger partial charge on any atom is -0.477 e. The lowest BCUT2D eigenvalue weighted by Gasteiger charge is -2.34. The number of likely N-dealkylation sites (N-methyl/N-ethyl adjacent to an activating group) is 1. The maximum Gasteiger partial charge on any atom is 0.354 e. The number of aromatic nitrogens is 3. The highest BCUT2D eigenvalue weighted by atomic mass is 16.6. The molecule has 0 amide bonds. The predicted octanol–water partition coefficient (Wildman–Crippen LogP) is 3.73. The zero-order valence-electron chi connectivity index (χ0n) is 23.7. The van der Waals surface area contributed by atoms with Crippen LogP contribution in [-0.2, 0) is 9.53 Å². The molecule has 1 unspecified atom stereocenters. The fourth-order valence-electron chi connectivity index (χ4n) is 3.53. The van der Waals surface area contributed by atoms with Crippen molar-refractivity contribution in [3.8, 4) is 5.88 Å². The monoisotopic (exact) mass is 533 g/mol. The van der Waals surface area contributed by atoms with Crippen LogP contribution >= 0.6 is 0 Å². The van der Waals surface area contributed by atoms with Crippen LogP contribution < -0.4 is 14.5 Å².